The third-order valence-corrected chi connectivity index (χ3v) is 8.86. The maximum atomic E-state index is 13.5. The van der Waals surface area contributed by atoms with Crippen molar-refractivity contribution in [3.8, 4) is 0 Å². The van der Waals surface area contributed by atoms with Gasteiger partial charge in [-0.25, -0.2) is 0 Å². The van der Waals surface area contributed by atoms with Gasteiger partial charge in [-0.3, -0.25) is 9.59 Å². The van der Waals surface area contributed by atoms with E-state index in [0.29, 0.717) is 32.1 Å². The molecular weight excluding hydrogens is 342 g/mol. The third kappa shape index (κ3) is 1.83. The zero-order valence-corrected chi connectivity index (χ0v) is 15.5. The van der Waals surface area contributed by atoms with Crippen LogP contribution in [0.2, 0.25) is 0 Å². The van der Waals surface area contributed by atoms with Crippen molar-refractivity contribution in [1.29, 1.82) is 0 Å². The van der Waals surface area contributed by atoms with Gasteiger partial charge in [-0.1, -0.05) is 18.2 Å². The molecule has 6 aliphatic carbocycles. The number of hydrogen-bond donors (Lipinski definition) is 3. The number of Topliss-reactive ketones (excluding diaryl/α,β-unsaturated/α-hetero) is 1. The van der Waals surface area contributed by atoms with Gasteiger partial charge in [0.25, 0.3) is 0 Å². The number of carbonyl (C=O) groups is 2. The van der Waals surface area contributed by atoms with E-state index in [2.05, 4.69) is 18.0 Å². The Morgan fingerprint density at radius 2 is 2.00 bits per heavy atom. The number of ketones is 1. The van der Waals surface area contributed by atoms with Crippen LogP contribution in [-0.2, 0) is 9.59 Å². The van der Waals surface area contributed by atoms with Crippen molar-refractivity contribution in [3.05, 3.63) is 23.8 Å². The van der Waals surface area contributed by atoms with E-state index in [1.165, 1.54) is 5.57 Å². The molecule has 0 aliphatic heterocycles. The van der Waals surface area contributed by atoms with Crippen LogP contribution in [0.4, 0.5) is 0 Å². The van der Waals surface area contributed by atoms with Crippen LogP contribution >= 0.6 is 0 Å². The minimum atomic E-state index is -0.873. The van der Waals surface area contributed by atoms with Crippen LogP contribution in [0.25, 0.3) is 0 Å². The summed E-state index contributed by atoms with van der Waals surface area (Å²) in [6.45, 7) is 4.17. The van der Waals surface area contributed by atoms with Crippen molar-refractivity contribution in [2.75, 3.05) is 0 Å². The summed E-state index contributed by atoms with van der Waals surface area (Å²) in [6.07, 6.45) is 7.12. The highest BCUT2D eigenvalue weighted by atomic mass is 16.3. The Labute approximate surface area is 158 Å². The van der Waals surface area contributed by atoms with Crippen LogP contribution in [0.15, 0.2) is 23.8 Å². The minimum absolute atomic E-state index is 0.0306. The van der Waals surface area contributed by atoms with E-state index in [0.717, 1.165) is 24.8 Å². The molecule has 7 atom stereocenters. The SMILES string of the molecule is C=C1C[C@]23C[C@@]1(O)CC[C@H]2C1=CC[C@H](O)[C@]2(CC2=O)[C@H]1[C@@H]3C(=O)NC1CC1. The number of fused-ring (bicyclic) bond motifs is 4. The molecule has 0 radical (unpaired) electrons. The minimum Gasteiger partial charge on any atom is -0.392 e. The molecule has 2 bridgehead atoms. The highest BCUT2D eigenvalue weighted by Crippen LogP contribution is 2.75. The number of carbonyl (C=O) groups excluding carboxylic acids is 2. The normalized spacial score (nSPS) is 52.4. The van der Waals surface area contributed by atoms with Crippen molar-refractivity contribution >= 4 is 11.7 Å². The fourth-order valence-electron chi connectivity index (χ4n) is 7.42. The number of amides is 1. The van der Waals surface area contributed by atoms with Gasteiger partial charge in [0.1, 0.15) is 5.78 Å². The van der Waals surface area contributed by atoms with Crippen molar-refractivity contribution in [1.82, 2.24) is 5.32 Å². The van der Waals surface area contributed by atoms with Crippen LogP contribution in [0.3, 0.4) is 0 Å². The first kappa shape index (κ1) is 16.5. The van der Waals surface area contributed by atoms with Gasteiger partial charge in [-0.05, 0) is 61.9 Å². The first-order chi connectivity index (χ1) is 12.8. The summed E-state index contributed by atoms with van der Waals surface area (Å²) in [4.78, 5) is 26.1. The van der Waals surface area contributed by atoms with E-state index in [4.69, 9.17) is 0 Å². The number of allylic oxidation sites excluding steroid dienone is 1. The summed E-state index contributed by atoms with van der Waals surface area (Å²) in [7, 11) is 0. The van der Waals surface area contributed by atoms with E-state index in [-0.39, 0.29) is 40.9 Å². The number of aliphatic hydroxyl groups is 2. The topological polar surface area (TPSA) is 86.6 Å². The van der Waals surface area contributed by atoms with Gasteiger partial charge in [-0.2, -0.15) is 0 Å². The lowest BCUT2D eigenvalue weighted by Crippen LogP contribution is -2.49. The van der Waals surface area contributed by atoms with E-state index >= 15 is 0 Å². The molecule has 5 fully saturated rings. The van der Waals surface area contributed by atoms with Crippen LogP contribution in [0.1, 0.15) is 51.4 Å². The first-order valence-electron chi connectivity index (χ1n) is 10.4. The molecule has 0 aromatic heterocycles. The molecular formula is C22H27NO4. The summed E-state index contributed by atoms with van der Waals surface area (Å²) in [5.41, 5.74) is 0.0923. The number of rotatable bonds is 2. The highest BCUT2D eigenvalue weighted by molar-refractivity contribution is 6.03. The average Bonchev–Trinajstić information content (AvgIpc) is 3.49. The molecule has 6 aliphatic rings. The summed E-state index contributed by atoms with van der Waals surface area (Å²) in [5.74, 6) is -0.192. The quantitative estimate of drug-likeness (QED) is 0.646. The number of hydrogen-bond acceptors (Lipinski definition) is 4. The zero-order chi connectivity index (χ0) is 18.8. The van der Waals surface area contributed by atoms with Gasteiger partial charge in [0.15, 0.2) is 0 Å². The Morgan fingerprint density at radius 3 is 2.67 bits per heavy atom. The summed E-state index contributed by atoms with van der Waals surface area (Å²) in [6, 6.07) is 0.256. The van der Waals surface area contributed by atoms with Crippen molar-refractivity contribution < 1.29 is 19.8 Å². The van der Waals surface area contributed by atoms with Crippen molar-refractivity contribution in [3.63, 3.8) is 0 Å². The second-order valence-electron chi connectivity index (χ2n) is 10.1. The maximum absolute atomic E-state index is 13.5. The molecule has 0 heterocycles. The molecule has 3 N–H and O–H groups in total. The van der Waals surface area contributed by atoms with Gasteiger partial charge in [0.05, 0.1) is 23.0 Å². The first-order valence-corrected chi connectivity index (χ1v) is 10.4. The molecule has 0 aromatic carbocycles. The highest BCUT2D eigenvalue weighted by Gasteiger charge is 2.77. The molecule has 5 heteroatoms. The summed E-state index contributed by atoms with van der Waals surface area (Å²) < 4.78 is 0. The lowest BCUT2D eigenvalue weighted by atomic mass is 9.62. The second kappa shape index (κ2) is 4.74. The molecule has 0 aromatic rings. The molecule has 0 unspecified atom stereocenters. The van der Waals surface area contributed by atoms with Crippen LogP contribution < -0.4 is 5.32 Å². The molecule has 0 saturated heterocycles. The average molecular weight is 369 g/mol. The van der Waals surface area contributed by atoms with Gasteiger partial charge < -0.3 is 15.5 Å². The van der Waals surface area contributed by atoms with Gasteiger partial charge >= 0.3 is 0 Å². The van der Waals surface area contributed by atoms with E-state index in [1.807, 2.05) is 0 Å². The molecule has 5 nitrogen and oxygen atoms in total. The Bertz CT molecular complexity index is 828. The Morgan fingerprint density at radius 1 is 1.26 bits per heavy atom. The molecule has 5 saturated carbocycles. The zero-order valence-electron chi connectivity index (χ0n) is 15.5. The Balaban J connectivity index is 1.51. The molecule has 1 amide bonds. The predicted octanol–water partition coefficient (Wildman–Crippen LogP) is 1.64. The van der Waals surface area contributed by atoms with Crippen LogP contribution in [-0.4, -0.2) is 39.7 Å². The molecule has 6 rings (SSSR count). The Hall–Kier alpha value is -1.46. The van der Waals surface area contributed by atoms with E-state index < -0.39 is 17.1 Å². The monoisotopic (exact) mass is 369 g/mol. The van der Waals surface area contributed by atoms with E-state index in [9.17, 15) is 19.8 Å². The van der Waals surface area contributed by atoms with Crippen LogP contribution in [0.5, 0.6) is 0 Å². The standard InChI is InChI=1S/C22H27NO4/c1-11-8-20-10-21(11,27)7-6-14(20)13-4-5-15(24)22(9-16(22)25)17(13)18(20)19(26)23-12-2-3-12/h4,12,14-15,17-18,24,27H,1-3,5-10H2,(H,23,26)/t14-,15-,17+,18+,20-,21-,22-/m0/s1. The predicted molar refractivity (Wildman–Crippen MR) is 97.4 cm³/mol. The second-order valence-corrected chi connectivity index (χ2v) is 10.1. The number of aliphatic hydroxyl groups excluding tert-OH is 1. The van der Waals surface area contributed by atoms with Crippen molar-refractivity contribution in [2.24, 2.45) is 28.6 Å². The Kier molecular flexibility index (Phi) is 2.90. The van der Waals surface area contributed by atoms with Crippen LogP contribution in [0, 0.1) is 28.6 Å². The molecule has 144 valence electrons. The summed E-state index contributed by atoms with van der Waals surface area (Å²) in [5, 5.41) is 25.1. The fraction of sp³-hybridized carbons (Fsp3) is 0.727. The lowest BCUT2D eigenvalue weighted by Gasteiger charge is -2.42. The van der Waals surface area contributed by atoms with E-state index in [1.54, 1.807) is 0 Å². The fourth-order valence-corrected chi connectivity index (χ4v) is 7.42. The van der Waals surface area contributed by atoms with Crippen molar-refractivity contribution in [2.45, 2.75) is 69.1 Å². The number of nitrogens with one attached hydrogen (secondary N) is 1. The lowest BCUT2D eigenvalue weighted by molar-refractivity contribution is -0.135. The summed E-state index contributed by atoms with van der Waals surface area (Å²) >= 11 is 0. The van der Waals surface area contributed by atoms with Gasteiger partial charge in [0.2, 0.25) is 5.91 Å². The smallest absolute Gasteiger partial charge is 0.224 e. The largest absolute Gasteiger partial charge is 0.392 e. The van der Waals surface area contributed by atoms with Gasteiger partial charge in [0, 0.05) is 18.4 Å². The molecule has 27 heavy (non-hydrogen) atoms. The maximum Gasteiger partial charge on any atom is 0.224 e. The molecule has 2 spiro atoms. The third-order valence-electron chi connectivity index (χ3n) is 8.86. The van der Waals surface area contributed by atoms with Gasteiger partial charge in [-0.15, -0.1) is 0 Å².